The molecule has 0 unspecified atom stereocenters. The predicted octanol–water partition coefficient (Wildman–Crippen LogP) is 2.55. The quantitative estimate of drug-likeness (QED) is 0.876. The molecule has 0 atom stereocenters. The van der Waals surface area contributed by atoms with Crippen molar-refractivity contribution in [1.82, 2.24) is 0 Å². The standard InChI is InChI=1S/C14H11F2NO4S/c1-21-14(18)10-4-2-3-5-13(10)22(19,20)17-12-7-6-9(15)8-11(12)16/h2-8,17H,1H3. The zero-order valence-corrected chi connectivity index (χ0v) is 12.2. The van der Waals surface area contributed by atoms with Gasteiger partial charge in [0.15, 0.2) is 0 Å². The number of rotatable bonds is 4. The monoisotopic (exact) mass is 327 g/mol. The van der Waals surface area contributed by atoms with Crippen molar-refractivity contribution < 1.29 is 26.7 Å². The van der Waals surface area contributed by atoms with Gasteiger partial charge in [0.05, 0.1) is 18.4 Å². The number of nitrogens with one attached hydrogen (secondary N) is 1. The van der Waals surface area contributed by atoms with Gasteiger partial charge in [-0.05, 0) is 24.3 Å². The first-order valence-electron chi connectivity index (χ1n) is 6.00. The average Bonchev–Trinajstić information content (AvgIpc) is 2.49. The Morgan fingerprint density at radius 1 is 1.14 bits per heavy atom. The lowest BCUT2D eigenvalue weighted by Gasteiger charge is -2.11. The van der Waals surface area contributed by atoms with Crippen molar-refractivity contribution in [3.05, 3.63) is 59.7 Å². The maximum absolute atomic E-state index is 13.6. The minimum absolute atomic E-state index is 0.194. The fourth-order valence-corrected chi connectivity index (χ4v) is 3.02. The summed E-state index contributed by atoms with van der Waals surface area (Å²) in [5, 5.41) is 0. The van der Waals surface area contributed by atoms with Gasteiger partial charge in [0.2, 0.25) is 0 Å². The minimum Gasteiger partial charge on any atom is -0.465 e. The Labute approximate surface area is 125 Å². The number of ether oxygens (including phenoxy) is 1. The van der Waals surface area contributed by atoms with Gasteiger partial charge in [-0.3, -0.25) is 4.72 Å². The molecule has 1 N–H and O–H groups in total. The number of halogens is 2. The molecular weight excluding hydrogens is 316 g/mol. The number of carbonyl (C=O) groups is 1. The Morgan fingerprint density at radius 3 is 2.45 bits per heavy atom. The van der Waals surface area contributed by atoms with Gasteiger partial charge in [0.1, 0.15) is 16.5 Å². The Morgan fingerprint density at radius 2 is 1.82 bits per heavy atom. The molecule has 0 bridgehead atoms. The summed E-state index contributed by atoms with van der Waals surface area (Å²) in [6, 6.07) is 7.71. The molecule has 0 heterocycles. The molecule has 0 spiro atoms. The third-order valence-corrected chi connectivity index (χ3v) is 4.18. The van der Waals surface area contributed by atoms with Gasteiger partial charge in [0, 0.05) is 6.07 Å². The highest BCUT2D eigenvalue weighted by Crippen LogP contribution is 2.22. The van der Waals surface area contributed by atoms with E-state index in [1.54, 1.807) is 0 Å². The minimum atomic E-state index is -4.25. The molecule has 5 nitrogen and oxygen atoms in total. The van der Waals surface area contributed by atoms with E-state index < -0.39 is 33.3 Å². The number of methoxy groups -OCH3 is 1. The lowest BCUT2D eigenvalue weighted by Crippen LogP contribution is -2.18. The fourth-order valence-electron chi connectivity index (χ4n) is 1.75. The van der Waals surface area contributed by atoms with Crippen LogP contribution in [0.25, 0.3) is 0 Å². The summed E-state index contributed by atoms with van der Waals surface area (Å²) in [4.78, 5) is 11.2. The second-order valence-corrected chi connectivity index (χ2v) is 5.87. The van der Waals surface area contributed by atoms with E-state index >= 15 is 0 Å². The van der Waals surface area contributed by atoms with Crippen LogP contribution in [0.4, 0.5) is 14.5 Å². The Bertz CT molecular complexity index is 821. The zero-order chi connectivity index (χ0) is 16.3. The molecule has 8 heteroatoms. The van der Waals surface area contributed by atoms with E-state index in [1.807, 2.05) is 4.72 Å². The first kappa shape index (κ1) is 15.9. The fraction of sp³-hybridized carbons (Fsp3) is 0.0714. The highest BCUT2D eigenvalue weighted by molar-refractivity contribution is 7.92. The molecule has 22 heavy (non-hydrogen) atoms. The van der Waals surface area contributed by atoms with Crippen molar-refractivity contribution in [2.24, 2.45) is 0 Å². The van der Waals surface area contributed by atoms with Crippen molar-refractivity contribution in [2.75, 3.05) is 11.8 Å². The van der Waals surface area contributed by atoms with E-state index in [-0.39, 0.29) is 10.5 Å². The second kappa shape index (κ2) is 6.10. The SMILES string of the molecule is COC(=O)c1ccccc1S(=O)(=O)Nc1ccc(F)cc1F. The molecule has 0 saturated carbocycles. The van der Waals surface area contributed by atoms with E-state index in [0.29, 0.717) is 6.07 Å². The predicted molar refractivity (Wildman–Crippen MR) is 74.9 cm³/mol. The largest absolute Gasteiger partial charge is 0.465 e. The van der Waals surface area contributed by atoms with Crippen LogP contribution in [0, 0.1) is 11.6 Å². The molecule has 0 aliphatic heterocycles. The normalized spacial score (nSPS) is 11.0. The molecule has 0 fully saturated rings. The van der Waals surface area contributed by atoms with Gasteiger partial charge in [-0.2, -0.15) is 0 Å². The summed E-state index contributed by atoms with van der Waals surface area (Å²) >= 11 is 0. The van der Waals surface area contributed by atoms with E-state index in [4.69, 9.17) is 0 Å². The summed E-state index contributed by atoms with van der Waals surface area (Å²) in [5.41, 5.74) is -0.624. The maximum atomic E-state index is 13.6. The lowest BCUT2D eigenvalue weighted by molar-refractivity contribution is 0.0596. The molecule has 2 rings (SSSR count). The maximum Gasteiger partial charge on any atom is 0.339 e. The van der Waals surface area contributed by atoms with Crippen LogP contribution in [-0.2, 0) is 14.8 Å². The van der Waals surface area contributed by atoms with Crippen LogP contribution in [0.5, 0.6) is 0 Å². The van der Waals surface area contributed by atoms with Gasteiger partial charge in [-0.1, -0.05) is 12.1 Å². The molecule has 116 valence electrons. The number of hydrogen-bond donors (Lipinski definition) is 1. The summed E-state index contributed by atoms with van der Waals surface area (Å²) < 4.78 is 57.5. The van der Waals surface area contributed by atoms with Crippen molar-refractivity contribution in [1.29, 1.82) is 0 Å². The van der Waals surface area contributed by atoms with Gasteiger partial charge in [-0.25, -0.2) is 22.0 Å². The first-order valence-corrected chi connectivity index (χ1v) is 7.48. The molecule has 2 aromatic carbocycles. The van der Waals surface area contributed by atoms with Crippen LogP contribution < -0.4 is 4.72 Å². The van der Waals surface area contributed by atoms with Crippen LogP contribution in [0.1, 0.15) is 10.4 Å². The van der Waals surface area contributed by atoms with Gasteiger partial charge in [0.25, 0.3) is 10.0 Å². The molecular formula is C14H11F2NO4S. The van der Waals surface area contributed by atoms with Gasteiger partial charge >= 0.3 is 5.97 Å². The number of carbonyl (C=O) groups excluding carboxylic acids is 1. The molecule has 0 aromatic heterocycles. The smallest absolute Gasteiger partial charge is 0.339 e. The summed E-state index contributed by atoms with van der Waals surface area (Å²) in [7, 11) is -3.14. The van der Waals surface area contributed by atoms with E-state index in [2.05, 4.69) is 4.74 Å². The van der Waals surface area contributed by atoms with Gasteiger partial charge in [-0.15, -0.1) is 0 Å². The van der Waals surface area contributed by atoms with Crippen LogP contribution in [-0.4, -0.2) is 21.5 Å². The molecule has 2 aromatic rings. The molecule has 0 radical (unpaired) electrons. The highest BCUT2D eigenvalue weighted by atomic mass is 32.2. The molecule has 0 aliphatic carbocycles. The van der Waals surface area contributed by atoms with Crippen LogP contribution in [0.3, 0.4) is 0 Å². The van der Waals surface area contributed by atoms with Crippen LogP contribution in [0.15, 0.2) is 47.4 Å². The number of anilines is 1. The van der Waals surface area contributed by atoms with Crippen molar-refractivity contribution >= 4 is 21.7 Å². The third-order valence-electron chi connectivity index (χ3n) is 2.76. The third kappa shape index (κ3) is 3.22. The van der Waals surface area contributed by atoms with Crippen molar-refractivity contribution in [3.8, 4) is 0 Å². The van der Waals surface area contributed by atoms with Gasteiger partial charge < -0.3 is 4.74 Å². The lowest BCUT2D eigenvalue weighted by atomic mass is 10.2. The molecule has 0 saturated heterocycles. The zero-order valence-electron chi connectivity index (χ0n) is 11.3. The van der Waals surface area contributed by atoms with Crippen molar-refractivity contribution in [2.45, 2.75) is 4.90 Å². The molecule has 0 amide bonds. The van der Waals surface area contributed by atoms with E-state index in [9.17, 15) is 22.0 Å². The Hall–Kier alpha value is -2.48. The summed E-state index contributed by atoms with van der Waals surface area (Å²) in [6.45, 7) is 0. The number of sulfonamides is 1. The van der Waals surface area contributed by atoms with E-state index in [0.717, 1.165) is 19.2 Å². The Balaban J connectivity index is 2.45. The second-order valence-electron chi connectivity index (χ2n) is 4.22. The topological polar surface area (TPSA) is 72.5 Å². The van der Waals surface area contributed by atoms with E-state index in [1.165, 1.54) is 24.3 Å². The average molecular weight is 327 g/mol. The highest BCUT2D eigenvalue weighted by Gasteiger charge is 2.23. The van der Waals surface area contributed by atoms with Crippen LogP contribution >= 0.6 is 0 Å². The Kier molecular flexibility index (Phi) is 4.41. The molecule has 0 aliphatic rings. The summed E-state index contributed by atoms with van der Waals surface area (Å²) in [6.07, 6.45) is 0. The van der Waals surface area contributed by atoms with Crippen molar-refractivity contribution in [3.63, 3.8) is 0 Å². The summed E-state index contributed by atoms with van der Waals surface area (Å²) in [5.74, 6) is -2.75. The van der Waals surface area contributed by atoms with Crippen LogP contribution in [0.2, 0.25) is 0 Å². The number of esters is 1. The number of hydrogen-bond acceptors (Lipinski definition) is 4. The number of benzene rings is 2. The first-order chi connectivity index (χ1) is 10.3.